The lowest BCUT2D eigenvalue weighted by Gasteiger charge is -2.23. The molecule has 0 saturated carbocycles. The maximum absolute atomic E-state index is 15.1. The van der Waals surface area contributed by atoms with Crippen LogP contribution in [0.3, 0.4) is 0 Å². The molecule has 0 aliphatic rings. The molecule has 0 heterocycles. The van der Waals surface area contributed by atoms with Gasteiger partial charge in [-0.05, 0) is 218 Å². The highest BCUT2D eigenvalue weighted by Crippen LogP contribution is 2.49. The van der Waals surface area contributed by atoms with Gasteiger partial charge in [-0.1, -0.05) is 123 Å². The van der Waals surface area contributed by atoms with E-state index in [1.165, 1.54) is 0 Å². The third-order valence-electron chi connectivity index (χ3n) is 13.3. The molecule has 0 amide bonds. The first-order valence-corrected chi connectivity index (χ1v) is 31.2. The normalized spacial score (nSPS) is 11.0. The van der Waals surface area contributed by atoms with E-state index in [-0.39, 0.29) is 17.3 Å². The first-order valence-electron chi connectivity index (χ1n) is 28.0. The molecule has 10 rings (SSSR count). The zero-order valence-corrected chi connectivity index (χ0v) is 50.8. The fourth-order valence-electron chi connectivity index (χ4n) is 9.24. The van der Waals surface area contributed by atoms with Crippen molar-refractivity contribution in [3.05, 3.63) is 303 Å². The molecule has 88 heavy (non-hydrogen) atoms. The zero-order chi connectivity index (χ0) is 61.8. The van der Waals surface area contributed by atoms with Crippen LogP contribution >= 0.6 is 15.3 Å². The van der Waals surface area contributed by atoms with Crippen LogP contribution < -0.4 is 48.3 Å². The SMILES string of the molecule is C=C(C)Oc1ccc(-c2ccc(NP(=O)(Nc3ccc(-c4ccc(OC(=C)C)cc4)cc3)Oc3ccc(C(=O)c4ccc(OP(=O)(Nc5ccc(-c6ccc(OC(=C)C)cc6)cc5)Nc5ccc(-c6ccc(OC(=C)C)cc6)cc5)cc4)cc3)cc2)cc1. The van der Waals surface area contributed by atoms with Crippen molar-refractivity contribution < 1.29 is 41.9 Å². The Kier molecular flexibility index (Phi) is 18.6. The van der Waals surface area contributed by atoms with E-state index < -0.39 is 15.3 Å². The molecule has 0 atom stereocenters. The molecule has 13 nitrogen and oxygen atoms in total. The quantitative estimate of drug-likeness (QED) is 0.0231. The van der Waals surface area contributed by atoms with Crippen molar-refractivity contribution in [3.63, 3.8) is 0 Å². The van der Waals surface area contributed by atoms with Crippen LogP contribution in [0.4, 0.5) is 22.7 Å². The summed E-state index contributed by atoms with van der Waals surface area (Å²) >= 11 is 0. The lowest BCUT2D eigenvalue weighted by molar-refractivity contribution is 0.103. The number of anilines is 4. The molecule has 0 spiro atoms. The summed E-state index contributed by atoms with van der Waals surface area (Å²) in [7, 11) is -8.00. The molecule has 440 valence electrons. The number of rotatable bonds is 26. The van der Waals surface area contributed by atoms with E-state index in [4.69, 9.17) is 28.0 Å². The number of ether oxygens (including phenoxy) is 4. The van der Waals surface area contributed by atoms with Crippen molar-refractivity contribution in [2.75, 3.05) is 20.3 Å². The molecule has 0 radical (unpaired) electrons. The second-order valence-electron chi connectivity index (χ2n) is 20.7. The first-order chi connectivity index (χ1) is 42.4. The maximum atomic E-state index is 15.1. The van der Waals surface area contributed by atoms with Crippen molar-refractivity contribution in [3.8, 4) is 79.0 Å². The number of carbonyl (C=O) groups is 1. The van der Waals surface area contributed by atoms with Gasteiger partial charge in [-0.25, -0.2) is 9.13 Å². The number of benzene rings is 10. The van der Waals surface area contributed by atoms with Gasteiger partial charge in [-0.15, -0.1) is 0 Å². The molecule has 15 heteroatoms. The number of nitrogens with one attached hydrogen (secondary N) is 4. The van der Waals surface area contributed by atoms with Gasteiger partial charge >= 0.3 is 15.3 Å². The summed E-state index contributed by atoms with van der Waals surface area (Å²) in [5.74, 6) is 5.27. The molecular weight excluding hydrogens is 1140 g/mol. The van der Waals surface area contributed by atoms with Gasteiger partial charge in [0, 0.05) is 33.9 Å². The maximum Gasteiger partial charge on any atom is 0.444 e. The molecule has 0 fully saturated rings. The van der Waals surface area contributed by atoms with Gasteiger partial charge in [0.1, 0.15) is 34.5 Å². The van der Waals surface area contributed by atoms with Crippen LogP contribution in [-0.2, 0) is 9.13 Å². The van der Waals surface area contributed by atoms with Gasteiger partial charge in [-0.2, -0.15) is 0 Å². The second-order valence-corrected chi connectivity index (χ2v) is 24.2. The largest absolute Gasteiger partial charge is 0.463 e. The van der Waals surface area contributed by atoms with Crippen LogP contribution in [0.1, 0.15) is 43.6 Å². The van der Waals surface area contributed by atoms with Crippen LogP contribution in [0.2, 0.25) is 0 Å². The lowest BCUT2D eigenvalue weighted by atomic mass is 10.0. The van der Waals surface area contributed by atoms with Crippen molar-refractivity contribution in [2.24, 2.45) is 0 Å². The first kappa shape index (κ1) is 60.4. The van der Waals surface area contributed by atoms with E-state index >= 15 is 9.13 Å². The molecule has 4 N–H and O–H groups in total. The highest BCUT2D eigenvalue weighted by atomic mass is 31.2. The second kappa shape index (κ2) is 27.1. The molecule has 0 aliphatic carbocycles. The van der Waals surface area contributed by atoms with E-state index in [9.17, 15) is 4.79 Å². The average Bonchev–Trinajstić information content (AvgIpc) is 2.79. The molecule has 10 aromatic carbocycles. The molecule has 0 aromatic heterocycles. The van der Waals surface area contributed by atoms with Crippen molar-refractivity contribution >= 4 is 43.9 Å². The number of hydrogen-bond donors (Lipinski definition) is 4. The van der Waals surface area contributed by atoms with Crippen molar-refractivity contribution in [1.82, 2.24) is 0 Å². The summed E-state index contributed by atoms with van der Waals surface area (Å²) in [5, 5.41) is 12.5. The van der Waals surface area contributed by atoms with Crippen LogP contribution in [0.5, 0.6) is 34.5 Å². The Balaban J connectivity index is 0.849. The zero-order valence-electron chi connectivity index (χ0n) is 49.0. The Hall–Kier alpha value is -10.7. The fourth-order valence-corrected chi connectivity index (χ4v) is 12.3. The molecular formula is C73H64N4O9P2. The summed E-state index contributed by atoms with van der Waals surface area (Å²) in [4.78, 5) is 14.1. The monoisotopic (exact) mass is 1200 g/mol. The number of allylic oxidation sites excluding steroid dienone is 4. The van der Waals surface area contributed by atoms with Gasteiger partial charge in [0.05, 0.1) is 23.0 Å². The smallest absolute Gasteiger partial charge is 0.444 e. The summed E-state index contributed by atoms with van der Waals surface area (Å²) in [6.45, 7) is 22.4. The number of hydrogen-bond acceptors (Lipinski definition) is 9. The summed E-state index contributed by atoms with van der Waals surface area (Å²) in [6, 6.07) is 73.4. The summed E-state index contributed by atoms with van der Waals surface area (Å²) in [6.07, 6.45) is 0. The average molecular weight is 1200 g/mol. The minimum atomic E-state index is -4.00. The third kappa shape index (κ3) is 16.4. The Bertz CT molecular complexity index is 3720. The van der Waals surface area contributed by atoms with Crippen LogP contribution in [-0.4, -0.2) is 5.78 Å². The Labute approximate surface area is 513 Å². The van der Waals surface area contributed by atoms with Gasteiger partial charge in [0.15, 0.2) is 5.78 Å². The van der Waals surface area contributed by atoms with Crippen molar-refractivity contribution in [1.29, 1.82) is 0 Å². The lowest BCUT2D eigenvalue weighted by Crippen LogP contribution is -2.12. The minimum absolute atomic E-state index is 0.234. The molecule has 0 aliphatic heterocycles. The number of carbonyl (C=O) groups excluding carboxylic acids is 1. The Morgan fingerprint density at radius 1 is 0.273 bits per heavy atom. The van der Waals surface area contributed by atoms with E-state index in [0.29, 0.717) is 79.9 Å². The standard InChI is InChI=1S/C73H64N4O9P2/c1-49(2)81-67-37-17-57(18-38-67)53-9-29-63(30-10-53)74-87(79,75-64-31-11-54(12-32-64)58-19-39-68(40-20-58)82-50(3)4)85-71-45-25-61(26-46-71)73(78)62-27-47-72(48-28-62)86-88(80,76-65-33-13-55(14-34-65)59-21-41-69(42-22-59)83-51(5)6)77-66-35-15-56(16-36-66)60-23-43-70(44-24-60)84-52(7)8/h9-48H,1,3,5,7H2,2,4,6,8H3,(H2,74,75,79)(H2,76,77,80). The van der Waals surface area contributed by atoms with Crippen LogP contribution in [0.15, 0.2) is 292 Å². The molecule has 0 unspecified atom stereocenters. The fraction of sp³-hybridized carbons (Fsp3) is 0.0548. The highest BCUT2D eigenvalue weighted by Gasteiger charge is 2.28. The minimum Gasteiger partial charge on any atom is -0.463 e. The van der Waals surface area contributed by atoms with E-state index in [1.807, 2.05) is 194 Å². The predicted molar refractivity (Wildman–Crippen MR) is 357 cm³/mol. The highest BCUT2D eigenvalue weighted by molar-refractivity contribution is 7.62. The van der Waals surface area contributed by atoms with Gasteiger partial charge in [-0.3, -0.25) is 25.1 Å². The summed E-state index contributed by atoms with van der Waals surface area (Å²) in [5.41, 5.74) is 10.4. The predicted octanol–water partition coefficient (Wildman–Crippen LogP) is 20.7. The topological polar surface area (TPSA) is 155 Å². The van der Waals surface area contributed by atoms with Gasteiger partial charge in [0.2, 0.25) is 0 Å². The van der Waals surface area contributed by atoms with Gasteiger partial charge < -0.3 is 28.0 Å². The van der Waals surface area contributed by atoms with Crippen LogP contribution in [0, 0.1) is 0 Å². The van der Waals surface area contributed by atoms with E-state index in [2.05, 4.69) is 46.7 Å². The molecule has 0 bridgehead atoms. The third-order valence-corrected chi connectivity index (χ3v) is 16.4. The Morgan fingerprint density at radius 3 is 0.625 bits per heavy atom. The number of ketones is 1. The van der Waals surface area contributed by atoms with Crippen molar-refractivity contribution in [2.45, 2.75) is 27.7 Å². The Morgan fingerprint density at radius 2 is 0.443 bits per heavy atom. The molecule has 0 saturated heterocycles. The van der Waals surface area contributed by atoms with E-state index in [1.54, 1.807) is 76.2 Å². The summed E-state index contributed by atoms with van der Waals surface area (Å²) < 4.78 is 65.3. The van der Waals surface area contributed by atoms with E-state index in [0.717, 1.165) is 44.5 Å². The molecule has 10 aromatic rings. The van der Waals surface area contributed by atoms with Gasteiger partial charge in [0.25, 0.3) is 0 Å². The van der Waals surface area contributed by atoms with Crippen LogP contribution in [0.25, 0.3) is 44.5 Å².